The highest BCUT2D eigenvalue weighted by molar-refractivity contribution is 9.10. The molecule has 3 aromatic heterocycles. The first kappa shape index (κ1) is 13.1. The molecule has 0 aliphatic carbocycles. The fourth-order valence-electron chi connectivity index (χ4n) is 2.00. The first-order valence-electron chi connectivity index (χ1n) is 5.79. The topological polar surface area (TPSA) is 30.7 Å². The van der Waals surface area contributed by atoms with Crippen molar-refractivity contribution in [3.05, 3.63) is 44.4 Å². The van der Waals surface area contributed by atoms with Gasteiger partial charge in [-0.3, -0.25) is 0 Å². The van der Waals surface area contributed by atoms with Crippen molar-refractivity contribution >= 4 is 50.0 Å². The number of aryl methyl sites for hydroxylation is 1. The first-order chi connectivity index (χ1) is 9.17. The number of aromatic nitrogens is 3. The van der Waals surface area contributed by atoms with E-state index in [1.54, 1.807) is 11.3 Å². The van der Waals surface area contributed by atoms with Crippen LogP contribution in [0.3, 0.4) is 0 Å². The molecule has 19 heavy (non-hydrogen) atoms. The van der Waals surface area contributed by atoms with E-state index in [0.29, 0.717) is 5.88 Å². The van der Waals surface area contributed by atoms with Crippen molar-refractivity contribution in [2.45, 2.75) is 19.3 Å². The van der Waals surface area contributed by atoms with Crippen molar-refractivity contribution in [3.8, 4) is 0 Å². The Kier molecular flexibility index (Phi) is 3.60. The molecule has 3 rings (SSSR count). The van der Waals surface area contributed by atoms with Crippen molar-refractivity contribution in [1.29, 1.82) is 0 Å². The molecular formula is C13H11BrClN3S. The minimum Gasteiger partial charge on any atom is -0.306 e. The van der Waals surface area contributed by atoms with Gasteiger partial charge < -0.3 is 4.57 Å². The van der Waals surface area contributed by atoms with Crippen LogP contribution >= 0.6 is 38.9 Å². The Morgan fingerprint density at radius 3 is 2.89 bits per heavy atom. The van der Waals surface area contributed by atoms with Crippen LogP contribution in [0.4, 0.5) is 0 Å². The van der Waals surface area contributed by atoms with E-state index >= 15 is 0 Å². The minimum absolute atomic E-state index is 0.391. The molecule has 0 saturated carbocycles. The highest BCUT2D eigenvalue weighted by atomic mass is 79.9. The summed E-state index contributed by atoms with van der Waals surface area (Å²) in [5.74, 6) is 1.25. The van der Waals surface area contributed by atoms with E-state index < -0.39 is 0 Å². The number of rotatable bonds is 3. The lowest BCUT2D eigenvalue weighted by Crippen LogP contribution is -2.03. The van der Waals surface area contributed by atoms with Crippen LogP contribution in [0.5, 0.6) is 0 Å². The molecule has 6 heteroatoms. The van der Waals surface area contributed by atoms with Crippen LogP contribution in [-0.4, -0.2) is 14.5 Å². The lowest BCUT2D eigenvalue weighted by atomic mass is 10.3. The van der Waals surface area contributed by atoms with E-state index in [0.717, 1.165) is 33.7 Å². The molecule has 3 nitrogen and oxygen atoms in total. The number of alkyl halides is 1. The number of fused-ring (bicyclic) bond motifs is 1. The summed E-state index contributed by atoms with van der Waals surface area (Å²) in [5, 5.41) is 2.08. The van der Waals surface area contributed by atoms with Gasteiger partial charge in [0, 0.05) is 20.4 Å². The second kappa shape index (κ2) is 5.23. The van der Waals surface area contributed by atoms with Gasteiger partial charge in [0.25, 0.3) is 0 Å². The molecule has 0 bridgehead atoms. The van der Waals surface area contributed by atoms with Crippen LogP contribution in [0.2, 0.25) is 0 Å². The number of pyridine rings is 1. The van der Waals surface area contributed by atoms with Gasteiger partial charge in [-0.15, -0.1) is 22.9 Å². The van der Waals surface area contributed by atoms with Crippen molar-refractivity contribution < 1.29 is 0 Å². The normalized spacial score (nSPS) is 11.3. The third-order valence-electron chi connectivity index (χ3n) is 2.87. The highest BCUT2D eigenvalue weighted by Crippen LogP contribution is 2.23. The second-order valence-electron chi connectivity index (χ2n) is 4.27. The summed E-state index contributed by atoms with van der Waals surface area (Å²) < 4.78 is 3.20. The van der Waals surface area contributed by atoms with Gasteiger partial charge in [0.1, 0.15) is 11.3 Å². The van der Waals surface area contributed by atoms with Crippen molar-refractivity contribution in [1.82, 2.24) is 14.5 Å². The standard InChI is InChI=1S/C13H11BrClN3S/c1-8-2-3-11-13(16-8)18(12(5-15)17-11)6-10-4-9(14)7-19-10/h2-4,7H,5-6H2,1H3. The van der Waals surface area contributed by atoms with Gasteiger partial charge in [-0.1, -0.05) is 0 Å². The second-order valence-corrected chi connectivity index (χ2v) is 6.45. The number of hydrogen-bond donors (Lipinski definition) is 0. The van der Waals surface area contributed by atoms with E-state index in [9.17, 15) is 0 Å². The van der Waals surface area contributed by atoms with Crippen molar-refractivity contribution in [2.24, 2.45) is 0 Å². The van der Waals surface area contributed by atoms with E-state index in [-0.39, 0.29) is 0 Å². The molecule has 3 heterocycles. The summed E-state index contributed by atoms with van der Waals surface area (Å²) in [6.45, 7) is 2.74. The smallest absolute Gasteiger partial charge is 0.160 e. The van der Waals surface area contributed by atoms with Crippen LogP contribution in [0, 0.1) is 6.92 Å². The summed E-state index contributed by atoms with van der Waals surface area (Å²) in [6, 6.07) is 6.08. The first-order valence-corrected chi connectivity index (χ1v) is 7.99. The maximum Gasteiger partial charge on any atom is 0.160 e. The summed E-state index contributed by atoms with van der Waals surface area (Å²) >= 11 is 11.2. The number of hydrogen-bond acceptors (Lipinski definition) is 3. The number of halogens is 2. The van der Waals surface area contributed by atoms with Crippen molar-refractivity contribution in [2.75, 3.05) is 0 Å². The monoisotopic (exact) mass is 355 g/mol. The molecule has 0 N–H and O–H groups in total. The average molecular weight is 357 g/mol. The molecule has 0 fully saturated rings. The minimum atomic E-state index is 0.391. The molecular weight excluding hydrogens is 346 g/mol. The van der Waals surface area contributed by atoms with Gasteiger partial charge in [0.05, 0.1) is 12.4 Å². The maximum absolute atomic E-state index is 6.00. The zero-order chi connectivity index (χ0) is 13.4. The fraction of sp³-hybridized carbons (Fsp3) is 0.231. The Morgan fingerprint density at radius 2 is 2.21 bits per heavy atom. The Labute approximate surface area is 128 Å². The lowest BCUT2D eigenvalue weighted by molar-refractivity contribution is 0.779. The van der Waals surface area contributed by atoms with Crippen LogP contribution in [0.1, 0.15) is 16.4 Å². The van der Waals surface area contributed by atoms with Gasteiger partial charge in [0.2, 0.25) is 0 Å². The third kappa shape index (κ3) is 2.55. The molecule has 0 saturated heterocycles. The summed E-state index contributed by atoms with van der Waals surface area (Å²) in [5.41, 5.74) is 2.79. The number of thiophene rings is 1. The van der Waals surface area contributed by atoms with E-state index in [1.807, 2.05) is 19.1 Å². The largest absolute Gasteiger partial charge is 0.306 e. The Bertz CT molecular complexity index is 735. The van der Waals surface area contributed by atoms with Crippen LogP contribution in [0.25, 0.3) is 11.2 Å². The molecule has 0 radical (unpaired) electrons. The zero-order valence-corrected chi connectivity index (χ0v) is 13.4. The quantitative estimate of drug-likeness (QED) is 0.653. The fourth-order valence-corrected chi connectivity index (χ4v) is 3.65. The van der Waals surface area contributed by atoms with E-state index in [1.165, 1.54) is 4.88 Å². The molecule has 98 valence electrons. The molecule has 0 unspecified atom stereocenters. The Morgan fingerprint density at radius 1 is 1.37 bits per heavy atom. The van der Waals surface area contributed by atoms with Crippen LogP contribution in [0.15, 0.2) is 28.1 Å². The molecule has 0 aromatic carbocycles. The predicted octanol–water partition coefficient (Wildman–Crippen LogP) is 4.35. The molecule has 0 amide bonds. The highest BCUT2D eigenvalue weighted by Gasteiger charge is 2.12. The molecule has 0 aliphatic rings. The number of imidazole rings is 1. The van der Waals surface area contributed by atoms with Gasteiger partial charge in [0.15, 0.2) is 5.65 Å². The third-order valence-corrected chi connectivity index (χ3v) is 4.79. The predicted molar refractivity (Wildman–Crippen MR) is 82.9 cm³/mol. The molecule has 3 aromatic rings. The van der Waals surface area contributed by atoms with Crippen LogP contribution < -0.4 is 0 Å². The zero-order valence-electron chi connectivity index (χ0n) is 10.2. The van der Waals surface area contributed by atoms with E-state index in [2.05, 4.69) is 41.9 Å². The molecule has 0 spiro atoms. The SMILES string of the molecule is Cc1ccc2nc(CCl)n(Cc3cc(Br)cs3)c2n1. The van der Waals surface area contributed by atoms with Crippen molar-refractivity contribution in [3.63, 3.8) is 0 Å². The Hall–Kier alpha value is -0.910. The maximum atomic E-state index is 6.00. The molecule has 0 aliphatic heterocycles. The molecule has 0 atom stereocenters. The number of nitrogens with zero attached hydrogens (tertiary/aromatic N) is 3. The van der Waals surface area contributed by atoms with Crippen LogP contribution in [-0.2, 0) is 12.4 Å². The van der Waals surface area contributed by atoms with E-state index in [4.69, 9.17) is 11.6 Å². The average Bonchev–Trinajstić information content (AvgIpc) is 2.94. The van der Waals surface area contributed by atoms with Gasteiger partial charge >= 0.3 is 0 Å². The summed E-state index contributed by atoms with van der Waals surface area (Å²) in [6.07, 6.45) is 0. The Balaban J connectivity index is 2.12. The van der Waals surface area contributed by atoms with Gasteiger partial charge in [-0.25, -0.2) is 9.97 Å². The summed E-state index contributed by atoms with van der Waals surface area (Å²) in [7, 11) is 0. The van der Waals surface area contributed by atoms with Gasteiger partial charge in [-0.2, -0.15) is 0 Å². The summed E-state index contributed by atoms with van der Waals surface area (Å²) in [4.78, 5) is 10.4. The van der Waals surface area contributed by atoms with Gasteiger partial charge in [-0.05, 0) is 41.1 Å². The lowest BCUT2D eigenvalue weighted by Gasteiger charge is -2.05.